The fraction of sp³-hybridized carbons (Fsp3) is 0. The number of fused-ring (bicyclic) bond motifs is 1. The van der Waals surface area contributed by atoms with Crippen molar-refractivity contribution in [1.82, 2.24) is 0 Å². The third-order valence-corrected chi connectivity index (χ3v) is 3.46. The van der Waals surface area contributed by atoms with Crippen LogP contribution >= 0.6 is 0 Å². The molecule has 0 aliphatic heterocycles. The average Bonchev–Trinajstić information content (AvgIpc) is 2.53. The molecule has 0 aliphatic carbocycles. The molecule has 0 atom stereocenters. The summed E-state index contributed by atoms with van der Waals surface area (Å²) in [5, 5.41) is 12.1. The lowest BCUT2D eigenvalue weighted by molar-refractivity contribution is 0.112. The topological polar surface area (TPSA) is 37.3 Å². The largest absolute Gasteiger partial charge is 0.507 e. The van der Waals surface area contributed by atoms with Gasteiger partial charge < -0.3 is 5.11 Å². The molecule has 21 heavy (non-hydrogen) atoms. The number of carbonyl (C=O) groups is 1. The van der Waals surface area contributed by atoms with Gasteiger partial charge in [0.25, 0.3) is 0 Å². The van der Waals surface area contributed by atoms with E-state index in [2.05, 4.69) is 24.3 Å². The highest BCUT2D eigenvalue weighted by Gasteiger charge is 2.00. The van der Waals surface area contributed by atoms with Gasteiger partial charge in [0.05, 0.1) is 5.56 Å². The maximum Gasteiger partial charge on any atom is 0.153 e. The lowest BCUT2D eigenvalue weighted by Crippen LogP contribution is -1.82. The molecule has 0 aliphatic rings. The summed E-state index contributed by atoms with van der Waals surface area (Å²) in [6, 6.07) is 19.4. The van der Waals surface area contributed by atoms with Gasteiger partial charge in [0.2, 0.25) is 0 Å². The summed E-state index contributed by atoms with van der Waals surface area (Å²) >= 11 is 0. The van der Waals surface area contributed by atoms with E-state index in [9.17, 15) is 9.90 Å². The van der Waals surface area contributed by atoms with Crippen molar-refractivity contribution in [2.45, 2.75) is 0 Å². The number of carbonyl (C=O) groups excluding carboxylic acids is 1. The van der Waals surface area contributed by atoms with Gasteiger partial charge in [0.1, 0.15) is 5.75 Å². The molecule has 0 saturated carbocycles. The molecule has 2 nitrogen and oxygen atoms in total. The first kappa shape index (κ1) is 13.1. The van der Waals surface area contributed by atoms with Crippen molar-refractivity contribution in [1.29, 1.82) is 0 Å². The molecule has 0 heterocycles. The smallest absolute Gasteiger partial charge is 0.153 e. The van der Waals surface area contributed by atoms with Gasteiger partial charge in [-0.2, -0.15) is 0 Å². The minimum absolute atomic E-state index is 0.00469. The minimum Gasteiger partial charge on any atom is -0.507 e. The van der Waals surface area contributed by atoms with E-state index < -0.39 is 0 Å². The van der Waals surface area contributed by atoms with Crippen LogP contribution in [0, 0.1) is 0 Å². The van der Waals surface area contributed by atoms with E-state index in [-0.39, 0.29) is 5.75 Å². The highest BCUT2D eigenvalue weighted by molar-refractivity contribution is 5.93. The van der Waals surface area contributed by atoms with Crippen molar-refractivity contribution in [3.8, 4) is 5.75 Å². The number of hydrogen-bond donors (Lipinski definition) is 1. The number of hydrogen-bond acceptors (Lipinski definition) is 2. The summed E-state index contributed by atoms with van der Waals surface area (Å²) in [5.74, 6) is 0.00469. The van der Waals surface area contributed by atoms with Gasteiger partial charge in [0, 0.05) is 0 Å². The molecule has 3 rings (SSSR count). The van der Waals surface area contributed by atoms with E-state index >= 15 is 0 Å². The van der Waals surface area contributed by atoms with Crippen molar-refractivity contribution in [3.05, 3.63) is 77.4 Å². The Hall–Kier alpha value is -2.87. The van der Waals surface area contributed by atoms with Gasteiger partial charge in [-0.25, -0.2) is 0 Å². The fourth-order valence-electron chi connectivity index (χ4n) is 2.35. The molecule has 102 valence electrons. The zero-order chi connectivity index (χ0) is 14.7. The molecule has 2 heteroatoms. The fourth-order valence-corrected chi connectivity index (χ4v) is 2.35. The third-order valence-electron chi connectivity index (χ3n) is 3.46. The molecule has 0 amide bonds. The second kappa shape index (κ2) is 5.63. The Morgan fingerprint density at radius 1 is 0.810 bits per heavy atom. The van der Waals surface area contributed by atoms with E-state index in [4.69, 9.17) is 0 Å². The van der Waals surface area contributed by atoms with Crippen LogP contribution in [0.5, 0.6) is 5.75 Å². The van der Waals surface area contributed by atoms with Gasteiger partial charge in [-0.15, -0.1) is 0 Å². The highest BCUT2D eigenvalue weighted by Crippen LogP contribution is 2.22. The Kier molecular flexibility index (Phi) is 3.52. The first-order valence-electron chi connectivity index (χ1n) is 6.72. The summed E-state index contributed by atoms with van der Waals surface area (Å²) in [7, 11) is 0. The lowest BCUT2D eigenvalue weighted by atomic mass is 10.0. The van der Waals surface area contributed by atoms with Crippen molar-refractivity contribution < 1.29 is 9.90 Å². The molecule has 3 aromatic carbocycles. The van der Waals surface area contributed by atoms with Crippen molar-refractivity contribution >= 4 is 29.2 Å². The number of aromatic hydroxyl groups is 1. The van der Waals surface area contributed by atoms with Gasteiger partial charge in [0.15, 0.2) is 6.29 Å². The molecule has 1 N–H and O–H groups in total. The SMILES string of the molecule is O=Cc1ccc(/C=C/c2cccc3ccccc23)cc1O. The molecular formula is C19H14O2. The average molecular weight is 274 g/mol. The van der Waals surface area contributed by atoms with E-state index in [1.54, 1.807) is 12.1 Å². The van der Waals surface area contributed by atoms with Gasteiger partial charge in [-0.05, 0) is 34.0 Å². The van der Waals surface area contributed by atoms with E-state index in [0.29, 0.717) is 11.8 Å². The van der Waals surface area contributed by atoms with Crippen molar-refractivity contribution in [2.24, 2.45) is 0 Å². The summed E-state index contributed by atoms with van der Waals surface area (Å²) in [4.78, 5) is 10.7. The highest BCUT2D eigenvalue weighted by atomic mass is 16.3. The quantitative estimate of drug-likeness (QED) is 0.563. The van der Waals surface area contributed by atoms with Crippen LogP contribution in [-0.2, 0) is 0 Å². The van der Waals surface area contributed by atoms with Crippen molar-refractivity contribution in [3.63, 3.8) is 0 Å². The second-order valence-corrected chi connectivity index (χ2v) is 4.84. The van der Waals surface area contributed by atoms with Crippen LogP contribution in [0.4, 0.5) is 0 Å². The standard InChI is InChI=1S/C19H14O2/c20-13-17-11-9-14(12-19(17)21)8-10-16-6-3-5-15-4-1-2-7-18(15)16/h1-13,21H/b10-8+. The Morgan fingerprint density at radius 3 is 2.43 bits per heavy atom. The van der Waals surface area contributed by atoms with Gasteiger partial charge in [-0.1, -0.05) is 60.7 Å². The van der Waals surface area contributed by atoms with E-state index in [1.807, 2.05) is 36.4 Å². The zero-order valence-electron chi connectivity index (χ0n) is 11.4. The van der Waals surface area contributed by atoms with Crippen LogP contribution in [-0.4, -0.2) is 11.4 Å². The zero-order valence-corrected chi connectivity index (χ0v) is 11.4. The Bertz CT molecular complexity index is 827. The van der Waals surface area contributed by atoms with Crippen LogP contribution in [0.15, 0.2) is 60.7 Å². The molecule has 0 unspecified atom stereocenters. The Balaban J connectivity index is 1.98. The molecule has 3 aromatic rings. The van der Waals surface area contributed by atoms with Crippen LogP contribution in [0.1, 0.15) is 21.5 Å². The molecule has 0 bridgehead atoms. The minimum atomic E-state index is 0.00469. The number of phenolic OH excluding ortho intramolecular Hbond substituents is 1. The van der Waals surface area contributed by atoms with Crippen LogP contribution in [0.25, 0.3) is 22.9 Å². The normalized spacial score (nSPS) is 11.0. The predicted octanol–water partition coefficient (Wildman–Crippen LogP) is 4.53. The second-order valence-electron chi connectivity index (χ2n) is 4.84. The maximum atomic E-state index is 10.7. The van der Waals surface area contributed by atoms with Crippen LogP contribution < -0.4 is 0 Å². The molecule has 0 aromatic heterocycles. The maximum absolute atomic E-state index is 10.7. The predicted molar refractivity (Wildman–Crippen MR) is 86.4 cm³/mol. The summed E-state index contributed by atoms with van der Waals surface area (Å²) in [6.07, 6.45) is 4.58. The summed E-state index contributed by atoms with van der Waals surface area (Å²) < 4.78 is 0. The van der Waals surface area contributed by atoms with Gasteiger partial charge in [-0.3, -0.25) is 4.79 Å². The third kappa shape index (κ3) is 2.70. The molecule has 0 spiro atoms. The van der Waals surface area contributed by atoms with Crippen molar-refractivity contribution in [2.75, 3.05) is 0 Å². The van der Waals surface area contributed by atoms with E-state index in [0.717, 1.165) is 11.1 Å². The van der Waals surface area contributed by atoms with Crippen LogP contribution in [0.2, 0.25) is 0 Å². The number of phenols is 1. The molecule has 0 radical (unpaired) electrons. The first-order chi connectivity index (χ1) is 10.3. The van der Waals surface area contributed by atoms with Crippen LogP contribution in [0.3, 0.4) is 0 Å². The number of aldehydes is 1. The Labute approximate surface area is 123 Å². The molecule has 0 fully saturated rings. The monoisotopic (exact) mass is 274 g/mol. The Morgan fingerprint density at radius 2 is 1.62 bits per heavy atom. The van der Waals surface area contributed by atoms with E-state index in [1.165, 1.54) is 10.8 Å². The lowest BCUT2D eigenvalue weighted by Gasteiger charge is -2.02. The van der Waals surface area contributed by atoms with Gasteiger partial charge >= 0.3 is 0 Å². The molecule has 0 saturated heterocycles. The number of rotatable bonds is 3. The summed E-state index contributed by atoms with van der Waals surface area (Å²) in [5.41, 5.74) is 2.27. The first-order valence-corrected chi connectivity index (χ1v) is 6.72. The molecular weight excluding hydrogens is 260 g/mol. The summed E-state index contributed by atoms with van der Waals surface area (Å²) in [6.45, 7) is 0. The number of benzene rings is 3.